The van der Waals surface area contributed by atoms with E-state index in [1.165, 1.54) is 4.90 Å². The van der Waals surface area contributed by atoms with Gasteiger partial charge >= 0.3 is 0 Å². The molecule has 0 saturated carbocycles. The predicted molar refractivity (Wildman–Crippen MR) is 120 cm³/mol. The smallest absolute Gasteiger partial charge is 0.243 e. The fraction of sp³-hybridized carbons (Fsp3) is 0.348. The lowest BCUT2D eigenvalue weighted by Gasteiger charge is -2.21. The number of amides is 3. The molecule has 0 radical (unpaired) electrons. The summed E-state index contributed by atoms with van der Waals surface area (Å²) < 4.78 is 0.936. The lowest BCUT2D eigenvalue weighted by molar-refractivity contribution is -0.137. The average molecular weight is 472 g/mol. The highest BCUT2D eigenvalue weighted by Gasteiger charge is 2.36. The van der Waals surface area contributed by atoms with E-state index in [2.05, 4.69) is 21.2 Å². The van der Waals surface area contributed by atoms with Gasteiger partial charge in [-0.25, -0.2) is 0 Å². The highest BCUT2D eigenvalue weighted by molar-refractivity contribution is 9.10. The van der Waals surface area contributed by atoms with Gasteiger partial charge in [0.15, 0.2) is 0 Å². The zero-order valence-corrected chi connectivity index (χ0v) is 19.0. The maximum absolute atomic E-state index is 12.8. The molecule has 2 aromatic carbocycles. The molecule has 30 heavy (non-hydrogen) atoms. The zero-order valence-electron chi connectivity index (χ0n) is 17.4. The summed E-state index contributed by atoms with van der Waals surface area (Å²) in [7, 11) is 1.60. The third-order valence-electron chi connectivity index (χ3n) is 5.28. The van der Waals surface area contributed by atoms with Crippen LogP contribution in [0.15, 0.2) is 46.9 Å². The van der Waals surface area contributed by atoms with Crippen molar-refractivity contribution in [2.24, 2.45) is 5.92 Å². The van der Waals surface area contributed by atoms with Gasteiger partial charge < -0.3 is 15.1 Å². The zero-order chi connectivity index (χ0) is 21.8. The first-order valence-electron chi connectivity index (χ1n) is 9.87. The molecule has 6 nitrogen and oxygen atoms in total. The molecule has 3 rings (SSSR count). The molecule has 1 atom stereocenters. The number of nitrogens with one attached hydrogen (secondary N) is 1. The fourth-order valence-electron chi connectivity index (χ4n) is 3.57. The molecular formula is C23H26BrN3O3. The normalized spacial score (nSPS) is 15.9. The minimum atomic E-state index is -0.421. The number of likely N-dealkylation sites (tertiary alicyclic amines) is 1. The Kier molecular flexibility index (Phi) is 6.92. The predicted octanol–water partition coefficient (Wildman–Crippen LogP) is 3.51. The van der Waals surface area contributed by atoms with Crippen LogP contribution < -0.4 is 5.32 Å². The van der Waals surface area contributed by atoms with Crippen molar-refractivity contribution < 1.29 is 14.4 Å². The van der Waals surface area contributed by atoms with Crippen LogP contribution in [0.3, 0.4) is 0 Å². The molecule has 7 heteroatoms. The number of benzene rings is 2. The molecule has 0 bridgehead atoms. The largest absolute Gasteiger partial charge is 0.338 e. The maximum Gasteiger partial charge on any atom is 0.243 e. The number of nitrogens with zero attached hydrogens (tertiary/aromatic N) is 2. The molecule has 0 aliphatic carbocycles. The monoisotopic (exact) mass is 471 g/mol. The van der Waals surface area contributed by atoms with E-state index >= 15 is 0 Å². The van der Waals surface area contributed by atoms with Gasteiger partial charge in [-0.15, -0.1) is 0 Å². The van der Waals surface area contributed by atoms with Crippen molar-refractivity contribution in [2.45, 2.75) is 26.8 Å². The molecule has 3 amide bonds. The summed E-state index contributed by atoms with van der Waals surface area (Å²) in [5, 5.41) is 2.84. The van der Waals surface area contributed by atoms with Crippen LogP contribution in [0.25, 0.3) is 0 Å². The number of rotatable bonds is 6. The quantitative estimate of drug-likeness (QED) is 0.700. The Balaban J connectivity index is 1.54. The van der Waals surface area contributed by atoms with Crippen molar-refractivity contribution in [3.05, 3.63) is 63.6 Å². The van der Waals surface area contributed by atoms with E-state index in [1.807, 2.05) is 56.3 Å². The molecule has 1 heterocycles. The molecule has 1 N–H and O–H groups in total. The maximum atomic E-state index is 12.8. The highest BCUT2D eigenvalue weighted by atomic mass is 79.9. The van der Waals surface area contributed by atoms with Crippen LogP contribution in [-0.2, 0) is 20.9 Å². The van der Waals surface area contributed by atoms with Gasteiger partial charge in [-0.1, -0.05) is 45.8 Å². The van der Waals surface area contributed by atoms with E-state index in [-0.39, 0.29) is 30.7 Å². The molecule has 2 aromatic rings. The summed E-state index contributed by atoms with van der Waals surface area (Å²) in [6, 6.07) is 13.6. The van der Waals surface area contributed by atoms with Gasteiger partial charge in [-0.2, -0.15) is 0 Å². The summed E-state index contributed by atoms with van der Waals surface area (Å²) in [4.78, 5) is 40.7. The summed E-state index contributed by atoms with van der Waals surface area (Å²) in [5.41, 5.74) is 3.85. The Morgan fingerprint density at radius 1 is 1.17 bits per heavy atom. The van der Waals surface area contributed by atoms with Crippen LogP contribution in [0.2, 0.25) is 0 Å². The number of likely N-dealkylation sites (N-methyl/N-ethyl adjacent to an activating group) is 1. The molecule has 0 aromatic heterocycles. The van der Waals surface area contributed by atoms with Gasteiger partial charge in [0, 0.05) is 36.7 Å². The Morgan fingerprint density at radius 3 is 2.53 bits per heavy atom. The number of hydrogen-bond acceptors (Lipinski definition) is 3. The molecule has 1 fully saturated rings. The van der Waals surface area contributed by atoms with Gasteiger partial charge in [0.2, 0.25) is 17.7 Å². The molecule has 0 spiro atoms. The Morgan fingerprint density at radius 2 is 1.87 bits per heavy atom. The van der Waals surface area contributed by atoms with Crippen molar-refractivity contribution >= 4 is 39.3 Å². The topological polar surface area (TPSA) is 69.7 Å². The number of aryl methyl sites for hydroxylation is 2. The average Bonchev–Trinajstić information content (AvgIpc) is 3.05. The van der Waals surface area contributed by atoms with Gasteiger partial charge in [0.25, 0.3) is 0 Å². The second-order valence-corrected chi connectivity index (χ2v) is 8.78. The second-order valence-electron chi connectivity index (χ2n) is 7.86. The summed E-state index contributed by atoms with van der Waals surface area (Å²) in [5.74, 6) is -0.901. The first-order chi connectivity index (χ1) is 14.2. The number of carbonyl (C=O) groups excluding carboxylic acids is 3. The van der Waals surface area contributed by atoms with Crippen molar-refractivity contribution in [1.29, 1.82) is 0 Å². The molecule has 1 aliphatic rings. The third-order valence-corrected chi connectivity index (χ3v) is 5.77. The third kappa shape index (κ3) is 5.48. The van der Waals surface area contributed by atoms with E-state index in [4.69, 9.17) is 0 Å². The van der Waals surface area contributed by atoms with Crippen LogP contribution in [0.4, 0.5) is 5.69 Å². The van der Waals surface area contributed by atoms with Crippen LogP contribution in [0, 0.1) is 19.8 Å². The minimum Gasteiger partial charge on any atom is -0.338 e. The van der Waals surface area contributed by atoms with Crippen LogP contribution in [0.1, 0.15) is 23.1 Å². The van der Waals surface area contributed by atoms with Gasteiger partial charge in [0.1, 0.15) is 0 Å². The minimum absolute atomic E-state index is 0.0303. The first-order valence-corrected chi connectivity index (χ1v) is 10.7. The molecule has 1 saturated heterocycles. The second kappa shape index (κ2) is 9.43. The van der Waals surface area contributed by atoms with Crippen molar-refractivity contribution in [1.82, 2.24) is 9.80 Å². The van der Waals surface area contributed by atoms with Crippen molar-refractivity contribution in [3.8, 4) is 0 Å². The Bertz CT molecular complexity index is 959. The standard InChI is InChI=1S/C23H26BrN3O3/c1-15-4-6-17(7-5-15)12-27-13-18(11-22(27)29)23(30)26(3)14-21(28)25-20-9-8-19(24)10-16(20)2/h4-10,18H,11-14H2,1-3H3,(H,25,28). The highest BCUT2D eigenvalue weighted by Crippen LogP contribution is 2.23. The van der Waals surface area contributed by atoms with E-state index in [9.17, 15) is 14.4 Å². The van der Waals surface area contributed by atoms with Crippen molar-refractivity contribution in [2.75, 3.05) is 25.5 Å². The molecule has 1 aliphatic heterocycles. The summed E-state index contributed by atoms with van der Waals surface area (Å²) >= 11 is 3.40. The van der Waals surface area contributed by atoms with E-state index < -0.39 is 5.92 Å². The SMILES string of the molecule is Cc1ccc(CN2CC(C(=O)N(C)CC(=O)Nc3ccc(Br)cc3C)CC2=O)cc1. The molecule has 1 unspecified atom stereocenters. The van der Waals surface area contributed by atoms with Gasteiger partial charge in [-0.05, 0) is 43.2 Å². The first kappa shape index (κ1) is 22.0. The van der Waals surface area contributed by atoms with Gasteiger partial charge in [-0.3, -0.25) is 14.4 Å². The van der Waals surface area contributed by atoms with Gasteiger partial charge in [0.05, 0.1) is 12.5 Å². The Labute approximate surface area is 185 Å². The lowest BCUT2D eigenvalue weighted by Crippen LogP contribution is -2.39. The number of carbonyl (C=O) groups is 3. The number of hydrogen-bond donors (Lipinski definition) is 1. The summed E-state index contributed by atoms with van der Waals surface area (Å²) in [6.45, 7) is 4.74. The van der Waals surface area contributed by atoms with Crippen LogP contribution in [-0.4, -0.2) is 47.7 Å². The van der Waals surface area contributed by atoms with Crippen LogP contribution in [0.5, 0.6) is 0 Å². The van der Waals surface area contributed by atoms with Crippen LogP contribution >= 0.6 is 15.9 Å². The lowest BCUT2D eigenvalue weighted by atomic mass is 10.1. The summed E-state index contributed by atoms with van der Waals surface area (Å²) in [6.07, 6.45) is 0.183. The fourth-order valence-corrected chi connectivity index (χ4v) is 4.04. The van der Waals surface area contributed by atoms with E-state index in [0.717, 1.165) is 21.2 Å². The van der Waals surface area contributed by atoms with Crippen molar-refractivity contribution in [3.63, 3.8) is 0 Å². The molecule has 158 valence electrons. The molecular weight excluding hydrogens is 446 g/mol. The number of anilines is 1. The Hall–Kier alpha value is -2.67. The number of halogens is 1. The van der Waals surface area contributed by atoms with E-state index in [1.54, 1.807) is 11.9 Å². The van der Waals surface area contributed by atoms with E-state index in [0.29, 0.717) is 18.8 Å².